The van der Waals surface area contributed by atoms with Crippen molar-refractivity contribution in [2.75, 3.05) is 41.0 Å². The van der Waals surface area contributed by atoms with Crippen molar-refractivity contribution in [2.45, 2.75) is 17.7 Å². The average Bonchev–Trinajstić information content (AvgIpc) is 3.37. The van der Waals surface area contributed by atoms with Crippen molar-refractivity contribution in [3.05, 3.63) is 47.5 Å². The molecule has 0 aliphatic carbocycles. The minimum Gasteiger partial charge on any atom is -0.493 e. The van der Waals surface area contributed by atoms with Crippen LogP contribution < -0.4 is 14.2 Å². The van der Waals surface area contributed by atoms with Crippen LogP contribution in [-0.4, -0.2) is 65.5 Å². The van der Waals surface area contributed by atoms with Crippen LogP contribution in [0.25, 0.3) is 0 Å². The highest BCUT2D eigenvalue weighted by Crippen LogP contribution is 2.38. The van der Waals surface area contributed by atoms with Crippen molar-refractivity contribution in [2.24, 2.45) is 0 Å². The molecule has 172 valence electrons. The van der Waals surface area contributed by atoms with E-state index in [0.717, 1.165) is 12.8 Å². The maximum absolute atomic E-state index is 12.6. The van der Waals surface area contributed by atoms with E-state index in [2.05, 4.69) is 0 Å². The number of hydrogen-bond acceptors (Lipinski definition) is 8. The number of benzene rings is 2. The number of nitrogens with zero attached hydrogens (tertiary/aromatic N) is 1. The first-order chi connectivity index (χ1) is 15.3. The second-order valence-corrected chi connectivity index (χ2v) is 8.99. The van der Waals surface area contributed by atoms with Crippen molar-refractivity contribution in [1.82, 2.24) is 4.31 Å². The zero-order chi connectivity index (χ0) is 23.3. The van der Waals surface area contributed by atoms with Gasteiger partial charge in [-0.2, -0.15) is 4.31 Å². The second kappa shape index (κ2) is 10.0. The van der Waals surface area contributed by atoms with Crippen LogP contribution in [-0.2, 0) is 14.8 Å². The van der Waals surface area contributed by atoms with Crippen LogP contribution in [0.4, 0.5) is 0 Å². The van der Waals surface area contributed by atoms with Crippen LogP contribution in [0.2, 0.25) is 0 Å². The fourth-order valence-corrected chi connectivity index (χ4v) is 4.90. The third-order valence-electron chi connectivity index (χ3n) is 5.11. The van der Waals surface area contributed by atoms with Gasteiger partial charge in [0.05, 0.1) is 31.8 Å². The summed E-state index contributed by atoms with van der Waals surface area (Å²) in [5.74, 6) is -0.326. The van der Waals surface area contributed by atoms with Crippen LogP contribution in [0.3, 0.4) is 0 Å². The van der Waals surface area contributed by atoms with Gasteiger partial charge in [0.25, 0.3) is 0 Å². The Morgan fingerprint density at radius 3 is 1.94 bits per heavy atom. The summed E-state index contributed by atoms with van der Waals surface area (Å²) >= 11 is 0. The molecule has 9 nitrogen and oxygen atoms in total. The molecule has 0 saturated carbocycles. The second-order valence-electron chi connectivity index (χ2n) is 7.05. The molecule has 0 bridgehead atoms. The van der Waals surface area contributed by atoms with Gasteiger partial charge in [0.1, 0.15) is 0 Å². The predicted molar refractivity (Wildman–Crippen MR) is 115 cm³/mol. The number of carbonyl (C=O) groups is 2. The van der Waals surface area contributed by atoms with Crippen LogP contribution in [0, 0.1) is 0 Å². The number of Topliss-reactive ketones (excluding diaryl/α,β-unsaturated/α-hetero) is 1. The molecule has 2 aromatic carbocycles. The lowest BCUT2D eigenvalue weighted by molar-refractivity contribution is 0.0474. The molecule has 0 unspecified atom stereocenters. The Labute approximate surface area is 186 Å². The summed E-state index contributed by atoms with van der Waals surface area (Å²) in [7, 11) is 0.724. The Morgan fingerprint density at radius 1 is 0.875 bits per heavy atom. The zero-order valence-electron chi connectivity index (χ0n) is 18.1. The molecule has 0 aromatic heterocycles. The zero-order valence-corrected chi connectivity index (χ0v) is 18.9. The number of sulfonamides is 1. The molecule has 1 aliphatic heterocycles. The molecule has 10 heteroatoms. The molecule has 3 rings (SSSR count). The largest absolute Gasteiger partial charge is 0.493 e. The smallest absolute Gasteiger partial charge is 0.338 e. The highest BCUT2D eigenvalue weighted by atomic mass is 32.2. The highest BCUT2D eigenvalue weighted by molar-refractivity contribution is 7.89. The summed E-state index contributed by atoms with van der Waals surface area (Å²) < 4.78 is 47.4. The molecule has 0 radical (unpaired) electrons. The Morgan fingerprint density at radius 2 is 1.44 bits per heavy atom. The number of ether oxygens (including phenoxy) is 4. The average molecular weight is 464 g/mol. The molecule has 0 N–H and O–H groups in total. The summed E-state index contributed by atoms with van der Waals surface area (Å²) in [5, 5.41) is 0. The third-order valence-corrected chi connectivity index (χ3v) is 7.03. The van der Waals surface area contributed by atoms with Gasteiger partial charge in [-0.25, -0.2) is 13.2 Å². The van der Waals surface area contributed by atoms with Crippen molar-refractivity contribution >= 4 is 21.8 Å². The van der Waals surface area contributed by atoms with E-state index in [9.17, 15) is 18.0 Å². The summed E-state index contributed by atoms with van der Waals surface area (Å²) in [4.78, 5) is 25.0. The standard InChI is InChI=1S/C22H25NO8S/c1-28-19-12-16(13-20(29-2)21(19)30-3)22(25)31-14-18(24)15-6-8-17(9-7-15)32(26,27)23-10-4-5-11-23/h6-9,12-13H,4-5,10-11,14H2,1-3H3. The quantitative estimate of drug-likeness (QED) is 0.412. The first-order valence-corrected chi connectivity index (χ1v) is 11.4. The van der Waals surface area contributed by atoms with E-state index in [1.54, 1.807) is 0 Å². The van der Waals surface area contributed by atoms with E-state index < -0.39 is 28.4 Å². The number of carbonyl (C=O) groups excluding carboxylic acids is 2. The Hall–Kier alpha value is -3.11. The van der Waals surface area contributed by atoms with E-state index in [4.69, 9.17) is 18.9 Å². The third kappa shape index (κ3) is 4.86. The van der Waals surface area contributed by atoms with Gasteiger partial charge in [0.2, 0.25) is 15.8 Å². The molecular formula is C22H25NO8S. The van der Waals surface area contributed by atoms with Gasteiger partial charge in [0.15, 0.2) is 23.9 Å². The Kier molecular flexibility index (Phi) is 7.37. The summed E-state index contributed by atoms with van der Waals surface area (Å²) in [6.07, 6.45) is 1.68. The number of hydrogen-bond donors (Lipinski definition) is 0. The van der Waals surface area contributed by atoms with Gasteiger partial charge in [0, 0.05) is 18.7 Å². The molecular weight excluding hydrogens is 438 g/mol. The van der Waals surface area contributed by atoms with E-state index in [1.807, 2.05) is 0 Å². The maximum Gasteiger partial charge on any atom is 0.338 e. The van der Waals surface area contributed by atoms with Crippen molar-refractivity contribution < 1.29 is 37.0 Å². The number of esters is 1. The minimum atomic E-state index is -3.56. The summed E-state index contributed by atoms with van der Waals surface area (Å²) in [5.41, 5.74) is 0.363. The van der Waals surface area contributed by atoms with Gasteiger partial charge in [-0.15, -0.1) is 0 Å². The number of rotatable bonds is 9. The van der Waals surface area contributed by atoms with Crippen LogP contribution >= 0.6 is 0 Å². The van der Waals surface area contributed by atoms with Crippen LogP contribution in [0.1, 0.15) is 33.6 Å². The van der Waals surface area contributed by atoms with Crippen LogP contribution in [0.15, 0.2) is 41.3 Å². The lowest BCUT2D eigenvalue weighted by Gasteiger charge is -2.15. The van der Waals surface area contributed by atoms with Crippen molar-refractivity contribution in [3.8, 4) is 17.2 Å². The highest BCUT2D eigenvalue weighted by Gasteiger charge is 2.27. The van der Waals surface area contributed by atoms with Crippen LogP contribution in [0.5, 0.6) is 17.2 Å². The molecule has 0 spiro atoms. The SMILES string of the molecule is COc1cc(C(=O)OCC(=O)c2ccc(S(=O)(=O)N3CCCC3)cc2)cc(OC)c1OC. The first kappa shape index (κ1) is 23.6. The minimum absolute atomic E-state index is 0.124. The molecule has 0 atom stereocenters. The number of methoxy groups -OCH3 is 3. The molecule has 32 heavy (non-hydrogen) atoms. The van der Waals surface area contributed by atoms with Gasteiger partial charge in [-0.3, -0.25) is 4.79 Å². The van der Waals surface area contributed by atoms with E-state index in [1.165, 1.54) is 62.0 Å². The Bertz CT molecular complexity index is 1060. The van der Waals surface area contributed by atoms with E-state index >= 15 is 0 Å². The molecule has 1 heterocycles. The molecule has 1 saturated heterocycles. The Balaban J connectivity index is 1.67. The molecule has 0 amide bonds. The molecule has 1 fully saturated rings. The van der Waals surface area contributed by atoms with Gasteiger partial charge in [-0.05, 0) is 49.2 Å². The van der Waals surface area contributed by atoms with E-state index in [-0.39, 0.29) is 27.5 Å². The molecule has 2 aromatic rings. The fourth-order valence-electron chi connectivity index (χ4n) is 3.39. The van der Waals surface area contributed by atoms with Crippen molar-refractivity contribution in [3.63, 3.8) is 0 Å². The van der Waals surface area contributed by atoms with Gasteiger partial charge >= 0.3 is 5.97 Å². The molecule has 1 aliphatic rings. The van der Waals surface area contributed by atoms with E-state index in [0.29, 0.717) is 18.8 Å². The van der Waals surface area contributed by atoms with Gasteiger partial charge in [-0.1, -0.05) is 0 Å². The fraction of sp³-hybridized carbons (Fsp3) is 0.364. The lowest BCUT2D eigenvalue weighted by atomic mass is 10.1. The summed E-state index contributed by atoms with van der Waals surface area (Å²) in [6, 6.07) is 8.46. The lowest BCUT2D eigenvalue weighted by Crippen LogP contribution is -2.27. The first-order valence-electron chi connectivity index (χ1n) is 9.92. The topological polar surface area (TPSA) is 108 Å². The predicted octanol–water partition coefficient (Wildman–Crippen LogP) is 2.54. The maximum atomic E-state index is 12.6. The van der Waals surface area contributed by atoms with Crippen molar-refractivity contribution in [1.29, 1.82) is 0 Å². The summed E-state index contributed by atoms with van der Waals surface area (Å²) in [6.45, 7) is 0.494. The monoisotopic (exact) mass is 463 g/mol. The van der Waals surface area contributed by atoms with Gasteiger partial charge < -0.3 is 18.9 Å². The normalized spacial score (nSPS) is 14.1. The number of ketones is 1.